The molecule has 5 nitrogen and oxygen atoms in total. The average molecular weight is 309 g/mol. The van der Waals surface area contributed by atoms with Crippen molar-refractivity contribution in [2.75, 3.05) is 4.72 Å². The van der Waals surface area contributed by atoms with Crippen LogP contribution in [0.1, 0.15) is 15.9 Å². The summed E-state index contributed by atoms with van der Waals surface area (Å²) in [4.78, 5) is 10.9. The van der Waals surface area contributed by atoms with Crippen LogP contribution in [0.4, 0.5) is 10.1 Å². The second kappa shape index (κ2) is 5.53. The Balaban J connectivity index is 2.42. The molecule has 110 valence electrons. The molecule has 2 rings (SSSR count). The minimum Gasteiger partial charge on any atom is -0.478 e. The minimum absolute atomic E-state index is 0.0491. The Kier molecular flexibility index (Phi) is 3.95. The van der Waals surface area contributed by atoms with Gasteiger partial charge in [0.1, 0.15) is 5.82 Å². The number of para-hydroxylation sites is 1. The predicted molar refractivity (Wildman–Crippen MR) is 75.3 cm³/mol. The maximum Gasteiger partial charge on any atom is 0.337 e. The van der Waals surface area contributed by atoms with Crippen LogP contribution in [0, 0.1) is 12.7 Å². The van der Waals surface area contributed by atoms with E-state index >= 15 is 0 Å². The highest BCUT2D eigenvalue weighted by Crippen LogP contribution is 2.21. The Morgan fingerprint density at radius 3 is 2.48 bits per heavy atom. The normalized spacial score (nSPS) is 11.1. The summed E-state index contributed by atoms with van der Waals surface area (Å²) in [5.74, 6) is -1.76. The first-order valence-electron chi connectivity index (χ1n) is 5.92. The molecule has 0 fully saturated rings. The number of rotatable bonds is 4. The molecule has 0 radical (unpaired) electrons. The lowest BCUT2D eigenvalue weighted by atomic mass is 10.2. The highest BCUT2D eigenvalue weighted by atomic mass is 32.2. The number of carboxylic acid groups (broad SMARTS) is 1. The van der Waals surface area contributed by atoms with Crippen LogP contribution in [-0.2, 0) is 10.0 Å². The van der Waals surface area contributed by atoms with Gasteiger partial charge in [-0.2, -0.15) is 0 Å². The standard InChI is InChI=1S/C14H12FNO4S/c1-9-8-10(6-7-12(9)15)21(19,20)16-13-5-3-2-4-11(13)14(17)18/h2-8,16H,1H3,(H,17,18). The summed E-state index contributed by atoms with van der Waals surface area (Å²) in [7, 11) is -3.99. The van der Waals surface area contributed by atoms with Crippen molar-refractivity contribution >= 4 is 21.7 Å². The van der Waals surface area contributed by atoms with Crippen molar-refractivity contribution in [2.45, 2.75) is 11.8 Å². The first-order valence-corrected chi connectivity index (χ1v) is 7.41. The summed E-state index contributed by atoms with van der Waals surface area (Å²) in [5, 5.41) is 9.03. The number of benzene rings is 2. The van der Waals surface area contributed by atoms with E-state index in [9.17, 15) is 17.6 Å². The van der Waals surface area contributed by atoms with E-state index in [-0.39, 0.29) is 21.7 Å². The Bertz CT molecular complexity index is 802. The molecule has 0 bridgehead atoms. The predicted octanol–water partition coefficient (Wildman–Crippen LogP) is 2.63. The number of halogens is 1. The van der Waals surface area contributed by atoms with Gasteiger partial charge in [-0.1, -0.05) is 12.1 Å². The summed E-state index contributed by atoms with van der Waals surface area (Å²) >= 11 is 0. The molecule has 0 spiro atoms. The second-order valence-corrected chi connectivity index (χ2v) is 6.05. The van der Waals surface area contributed by atoms with Crippen molar-refractivity contribution in [2.24, 2.45) is 0 Å². The number of carbonyl (C=O) groups is 1. The quantitative estimate of drug-likeness (QED) is 0.909. The van der Waals surface area contributed by atoms with Gasteiger partial charge in [0.2, 0.25) is 0 Å². The van der Waals surface area contributed by atoms with Crippen molar-refractivity contribution in [1.82, 2.24) is 0 Å². The van der Waals surface area contributed by atoms with Crippen LogP contribution in [-0.4, -0.2) is 19.5 Å². The highest BCUT2D eigenvalue weighted by Gasteiger charge is 2.18. The van der Waals surface area contributed by atoms with E-state index in [0.717, 1.165) is 12.1 Å². The van der Waals surface area contributed by atoms with E-state index in [0.29, 0.717) is 0 Å². The van der Waals surface area contributed by atoms with Gasteiger partial charge in [0.15, 0.2) is 0 Å². The SMILES string of the molecule is Cc1cc(S(=O)(=O)Nc2ccccc2C(=O)O)ccc1F. The number of nitrogens with one attached hydrogen (secondary N) is 1. The third-order valence-corrected chi connectivity index (χ3v) is 4.20. The van der Waals surface area contributed by atoms with E-state index in [2.05, 4.69) is 4.72 Å². The van der Waals surface area contributed by atoms with Crippen molar-refractivity contribution in [1.29, 1.82) is 0 Å². The molecular formula is C14H12FNO4S. The zero-order chi connectivity index (χ0) is 15.6. The van der Waals surface area contributed by atoms with Crippen LogP contribution >= 0.6 is 0 Å². The number of hydrogen-bond donors (Lipinski definition) is 2. The van der Waals surface area contributed by atoms with Gasteiger partial charge < -0.3 is 5.11 Å². The molecule has 0 saturated carbocycles. The fraction of sp³-hybridized carbons (Fsp3) is 0.0714. The second-order valence-electron chi connectivity index (χ2n) is 4.37. The molecule has 0 heterocycles. The summed E-state index contributed by atoms with van der Waals surface area (Å²) in [5.41, 5.74) is -0.0312. The van der Waals surface area contributed by atoms with E-state index in [4.69, 9.17) is 5.11 Å². The van der Waals surface area contributed by atoms with Gasteiger partial charge in [0.05, 0.1) is 16.1 Å². The molecule has 2 aromatic rings. The molecule has 0 amide bonds. The molecule has 0 aliphatic carbocycles. The highest BCUT2D eigenvalue weighted by molar-refractivity contribution is 7.92. The molecule has 0 aliphatic rings. The van der Waals surface area contributed by atoms with Crippen LogP contribution in [0.15, 0.2) is 47.4 Å². The number of hydrogen-bond acceptors (Lipinski definition) is 3. The minimum atomic E-state index is -3.99. The van der Waals surface area contributed by atoms with E-state index in [1.165, 1.54) is 37.3 Å². The summed E-state index contributed by atoms with van der Waals surface area (Å²) in [6.45, 7) is 1.44. The summed E-state index contributed by atoms with van der Waals surface area (Å²) < 4.78 is 39.8. The fourth-order valence-corrected chi connectivity index (χ4v) is 2.91. The zero-order valence-corrected chi connectivity index (χ0v) is 11.8. The van der Waals surface area contributed by atoms with E-state index in [1.807, 2.05) is 0 Å². The van der Waals surface area contributed by atoms with Crippen molar-refractivity contribution < 1.29 is 22.7 Å². The van der Waals surface area contributed by atoms with Gasteiger partial charge in [0.25, 0.3) is 10.0 Å². The Morgan fingerprint density at radius 1 is 1.19 bits per heavy atom. The van der Waals surface area contributed by atoms with Gasteiger partial charge >= 0.3 is 5.97 Å². The maximum atomic E-state index is 13.2. The maximum absolute atomic E-state index is 13.2. The molecular weight excluding hydrogens is 297 g/mol. The third kappa shape index (κ3) is 3.19. The lowest BCUT2D eigenvalue weighted by molar-refractivity contribution is 0.0698. The Morgan fingerprint density at radius 2 is 1.86 bits per heavy atom. The Hall–Kier alpha value is -2.41. The van der Waals surface area contributed by atoms with Crippen LogP contribution in [0.3, 0.4) is 0 Å². The fourth-order valence-electron chi connectivity index (χ4n) is 1.75. The topological polar surface area (TPSA) is 83.5 Å². The Labute approximate surface area is 121 Å². The van der Waals surface area contributed by atoms with Gasteiger partial charge in [-0.15, -0.1) is 0 Å². The number of anilines is 1. The van der Waals surface area contributed by atoms with Gasteiger partial charge in [0, 0.05) is 0 Å². The van der Waals surface area contributed by atoms with Crippen molar-refractivity contribution in [3.63, 3.8) is 0 Å². The van der Waals surface area contributed by atoms with Gasteiger partial charge in [-0.05, 0) is 42.8 Å². The molecule has 0 saturated heterocycles. The molecule has 0 aliphatic heterocycles. The molecule has 7 heteroatoms. The van der Waals surface area contributed by atoms with E-state index in [1.54, 1.807) is 0 Å². The molecule has 21 heavy (non-hydrogen) atoms. The largest absolute Gasteiger partial charge is 0.478 e. The number of aryl methyl sites for hydroxylation is 1. The van der Waals surface area contributed by atoms with Crippen LogP contribution in [0.5, 0.6) is 0 Å². The zero-order valence-electron chi connectivity index (χ0n) is 11.0. The molecule has 2 N–H and O–H groups in total. The summed E-state index contributed by atoms with van der Waals surface area (Å²) in [6, 6.07) is 8.99. The van der Waals surface area contributed by atoms with Gasteiger partial charge in [-0.3, -0.25) is 4.72 Å². The summed E-state index contributed by atoms with van der Waals surface area (Å²) in [6.07, 6.45) is 0. The van der Waals surface area contributed by atoms with Crippen LogP contribution < -0.4 is 4.72 Å². The number of sulfonamides is 1. The smallest absolute Gasteiger partial charge is 0.337 e. The average Bonchev–Trinajstić information content (AvgIpc) is 2.41. The first kappa shape index (κ1) is 15.0. The molecule has 0 aromatic heterocycles. The molecule has 2 aromatic carbocycles. The van der Waals surface area contributed by atoms with Crippen molar-refractivity contribution in [3.8, 4) is 0 Å². The van der Waals surface area contributed by atoms with Crippen LogP contribution in [0.2, 0.25) is 0 Å². The first-order chi connectivity index (χ1) is 9.81. The van der Waals surface area contributed by atoms with Crippen LogP contribution in [0.25, 0.3) is 0 Å². The molecule has 0 unspecified atom stereocenters. The third-order valence-electron chi connectivity index (χ3n) is 2.84. The monoisotopic (exact) mass is 309 g/mol. The van der Waals surface area contributed by atoms with Gasteiger partial charge in [-0.25, -0.2) is 17.6 Å². The lowest BCUT2D eigenvalue weighted by Gasteiger charge is -2.11. The van der Waals surface area contributed by atoms with E-state index < -0.39 is 21.8 Å². The number of aromatic carboxylic acids is 1. The van der Waals surface area contributed by atoms with Crippen molar-refractivity contribution in [3.05, 3.63) is 59.4 Å². The molecule has 0 atom stereocenters. The lowest BCUT2D eigenvalue weighted by Crippen LogP contribution is -2.15. The number of carboxylic acids is 1.